The molecule has 0 bridgehead atoms. The molecule has 25 heavy (non-hydrogen) atoms. The molecular formula is C16H8Cl5NO3. The number of rotatable bonds is 2. The molecule has 1 unspecified atom stereocenters. The second kappa shape index (κ2) is 7.22. The summed E-state index contributed by atoms with van der Waals surface area (Å²) in [5.41, 5.74) is 2.67. The van der Waals surface area contributed by atoms with Gasteiger partial charge in [0.1, 0.15) is 0 Å². The highest BCUT2D eigenvalue weighted by molar-refractivity contribution is 6.53. The zero-order valence-electron chi connectivity index (χ0n) is 12.2. The first-order valence-corrected chi connectivity index (χ1v) is 8.87. The van der Waals surface area contributed by atoms with Crippen LogP contribution in [0.4, 0.5) is 4.79 Å². The van der Waals surface area contributed by atoms with Crippen LogP contribution in [0.1, 0.15) is 17.2 Å². The summed E-state index contributed by atoms with van der Waals surface area (Å²) in [6, 6.07) is 8.37. The van der Waals surface area contributed by atoms with Crippen molar-refractivity contribution in [2.45, 2.75) is 10.9 Å². The Hall–Kier alpha value is -1.17. The predicted molar refractivity (Wildman–Crippen MR) is 98.9 cm³/mol. The summed E-state index contributed by atoms with van der Waals surface area (Å²) < 4.78 is 5.39. The normalized spacial score (nSPS) is 14.9. The number of amides is 2. The average Bonchev–Trinajstić information content (AvgIpc) is 2.80. The number of benzene rings is 2. The van der Waals surface area contributed by atoms with E-state index in [1.807, 2.05) is 5.32 Å². The lowest BCUT2D eigenvalue weighted by Crippen LogP contribution is -2.35. The smallest absolute Gasteiger partial charge is 0.414 e. The molecular weight excluding hydrogens is 431 g/mol. The fourth-order valence-corrected chi connectivity index (χ4v) is 3.55. The molecule has 130 valence electrons. The Labute approximate surface area is 167 Å². The quantitative estimate of drug-likeness (QED) is 0.604. The monoisotopic (exact) mass is 437 g/mol. The highest BCUT2D eigenvalue weighted by Crippen LogP contribution is 2.50. The molecule has 1 aliphatic rings. The Morgan fingerprint density at radius 1 is 1.00 bits per heavy atom. The van der Waals surface area contributed by atoms with Gasteiger partial charge in [0.05, 0.1) is 5.02 Å². The van der Waals surface area contributed by atoms with Crippen LogP contribution in [0.15, 0.2) is 30.3 Å². The van der Waals surface area contributed by atoms with E-state index in [0.29, 0.717) is 31.8 Å². The van der Waals surface area contributed by atoms with Gasteiger partial charge in [-0.3, -0.25) is 10.1 Å². The lowest BCUT2D eigenvalue weighted by Gasteiger charge is -2.16. The Kier molecular flexibility index (Phi) is 5.37. The molecule has 0 heterocycles. The van der Waals surface area contributed by atoms with E-state index in [1.54, 1.807) is 30.3 Å². The number of ether oxygens (including phenoxy) is 1. The number of hydrogen-bond acceptors (Lipinski definition) is 3. The van der Waals surface area contributed by atoms with Crippen molar-refractivity contribution in [2.24, 2.45) is 0 Å². The zero-order chi connectivity index (χ0) is 18.3. The Morgan fingerprint density at radius 3 is 2.36 bits per heavy atom. The minimum atomic E-state index is -1.39. The van der Waals surface area contributed by atoms with Gasteiger partial charge in [-0.2, -0.15) is 0 Å². The number of carbonyl (C=O) groups is 2. The minimum Gasteiger partial charge on any atom is -0.436 e. The van der Waals surface area contributed by atoms with Crippen LogP contribution in [0.5, 0.6) is 0 Å². The number of alkyl carbamates (subject to hydrolysis) is 1. The first-order valence-electron chi connectivity index (χ1n) is 6.86. The largest absolute Gasteiger partial charge is 0.436 e. The van der Waals surface area contributed by atoms with Gasteiger partial charge >= 0.3 is 6.09 Å². The molecule has 0 spiro atoms. The van der Waals surface area contributed by atoms with Gasteiger partial charge in [0.2, 0.25) is 0 Å². The van der Waals surface area contributed by atoms with Crippen molar-refractivity contribution in [1.82, 2.24) is 5.32 Å². The van der Waals surface area contributed by atoms with Gasteiger partial charge in [-0.25, -0.2) is 4.79 Å². The van der Waals surface area contributed by atoms with Crippen molar-refractivity contribution in [3.05, 3.63) is 56.5 Å². The van der Waals surface area contributed by atoms with Crippen LogP contribution >= 0.6 is 58.0 Å². The summed E-state index contributed by atoms with van der Waals surface area (Å²) in [7, 11) is 0. The predicted octanol–water partition coefficient (Wildman–Crippen LogP) is 5.77. The maximum absolute atomic E-state index is 12.0. The first-order chi connectivity index (χ1) is 11.8. The highest BCUT2D eigenvalue weighted by atomic mass is 35.5. The molecule has 2 aromatic rings. The van der Waals surface area contributed by atoms with Crippen LogP contribution in [0.25, 0.3) is 11.1 Å². The van der Waals surface area contributed by atoms with Crippen molar-refractivity contribution in [3.8, 4) is 11.1 Å². The second-order valence-corrected chi connectivity index (χ2v) is 7.54. The van der Waals surface area contributed by atoms with Gasteiger partial charge in [-0.15, -0.1) is 0 Å². The number of fused-ring (bicyclic) bond motifs is 3. The van der Waals surface area contributed by atoms with Crippen LogP contribution in [0.3, 0.4) is 0 Å². The maximum atomic E-state index is 12.0. The van der Waals surface area contributed by atoms with Crippen LogP contribution in [0, 0.1) is 0 Å². The van der Waals surface area contributed by atoms with Crippen LogP contribution < -0.4 is 5.32 Å². The average molecular weight is 440 g/mol. The molecule has 1 atom stereocenters. The van der Waals surface area contributed by atoms with Gasteiger partial charge in [0.15, 0.2) is 10.9 Å². The van der Waals surface area contributed by atoms with Crippen LogP contribution in [-0.2, 0) is 9.53 Å². The van der Waals surface area contributed by atoms with E-state index < -0.39 is 22.9 Å². The molecule has 4 nitrogen and oxygen atoms in total. The first kappa shape index (κ1) is 18.6. The van der Waals surface area contributed by atoms with E-state index in [1.165, 1.54) is 0 Å². The lowest BCUT2D eigenvalue weighted by atomic mass is 10.1. The summed E-state index contributed by atoms with van der Waals surface area (Å²) in [6.45, 7) is 0. The van der Waals surface area contributed by atoms with Crippen LogP contribution in [0.2, 0.25) is 15.1 Å². The maximum Gasteiger partial charge on any atom is 0.414 e. The second-order valence-electron chi connectivity index (χ2n) is 5.16. The topological polar surface area (TPSA) is 55.4 Å². The fraction of sp³-hybridized carbons (Fsp3) is 0.125. The van der Waals surface area contributed by atoms with Crippen molar-refractivity contribution >= 4 is 70.0 Å². The van der Waals surface area contributed by atoms with Gasteiger partial charge in [0, 0.05) is 26.7 Å². The van der Waals surface area contributed by atoms with Crippen molar-refractivity contribution in [3.63, 3.8) is 0 Å². The van der Waals surface area contributed by atoms with Gasteiger partial charge in [0.25, 0.3) is 5.91 Å². The Balaban J connectivity index is 2.01. The highest BCUT2D eigenvalue weighted by Gasteiger charge is 2.34. The number of hydrogen-bond donors (Lipinski definition) is 1. The van der Waals surface area contributed by atoms with E-state index in [0.717, 1.165) is 5.56 Å². The van der Waals surface area contributed by atoms with Crippen LogP contribution in [-0.4, -0.2) is 16.8 Å². The minimum absolute atomic E-state index is 0.384. The summed E-state index contributed by atoms with van der Waals surface area (Å²) in [5.74, 6) is -0.887. The van der Waals surface area contributed by atoms with Crippen molar-refractivity contribution in [1.29, 1.82) is 0 Å². The van der Waals surface area contributed by atoms with Gasteiger partial charge < -0.3 is 4.74 Å². The molecule has 3 rings (SSSR count). The lowest BCUT2D eigenvalue weighted by molar-refractivity contribution is -0.118. The molecule has 1 aliphatic carbocycles. The number of halogens is 5. The molecule has 9 heteroatoms. The fourth-order valence-electron chi connectivity index (χ4n) is 2.65. The third kappa shape index (κ3) is 3.69. The van der Waals surface area contributed by atoms with Gasteiger partial charge in [-0.1, -0.05) is 64.1 Å². The van der Waals surface area contributed by atoms with E-state index >= 15 is 0 Å². The number of imide groups is 1. The molecule has 0 aromatic heterocycles. The van der Waals surface area contributed by atoms with E-state index in [4.69, 9.17) is 62.7 Å². The summed E-state index contributed by atoms with van der Waals surface area (Å²) >= 11 is 29.3. The SMILES string of the molecule is O=C(NC(=O)C(Cl)Cl)OC1c2cc(Cl)ccc2-c2c(Cl)cc(Cl)cc21. The Morgan fingerprint density at radius 2 is 1.68 bits per heavy atom. The van der Waals surface area contributed by atoms with E-state index in [9.17, 15) is 9.59 Å². The third-order valence-electron chi connectivity index (χ3n) is 3.58. The Bertz CT molecular complexity index is 884. The zero-order valence-corrected chi connectivity index (χ0v) is 15.9. The summed E-state index contributed by atoms with van der Waals surface area (Å²) in [4.78, 5) is 22.1. The van der Waals surface area contributed by atoms with Crippen molar-refractivity contribution < 1.29 is 14.3 Å². The molecule has 0 saturated heterocycles. The van der Waals surface area contributed by atoms with Crippen molar-refractivity contribution in [2.75, 3.05) is 0 Å². The molecule has 1 N–H and O–H groups in total. The van der Waals surface area contributed by atoms with E-state index in [2.05, 4.69) is 0 Å². The third-order valence-corrected chi connectivity index (χ3v) is 4.73. The molecule has 0 fully saturated rings. The van der Waals surface area contributed by atoms with Gasteiger partial charge in [-0.05, 0) is 29.8 Å². The number of carbonyl (C=O) groups excluding carboxylic acids is 2. The molecule has 0 aliphatic heterocycles. The number of nitrogens with one attached hydrogen (secondary N) is 1. The molecule has 2 amide bonds. The standard InChI is InChI=1S/C16H8Cl5NO3/c17-6-1-2-8-9(3-6)13(25-16(24)22-15(23)14(20)21)10-4-7(18)5-11(19)12(8)10/h1-5,13-14H,(H,22,23,24). The molecule has 0 saturated carbocycles. The molecule has 0 radical (unpaired) electrons. The summed E-state index contributed by atoms with van der Waals surface area (Å²) in [6.07, 6.45) is -1.84. The van der Waals surface area contributed by atoms with E-state index in [-0.39, 0.29) is 0 Å². The molecule has 2 aromatic carbocycles. The number of alkyl halides is 2. The summed E-state index contributed by atoms with van der Waals surface area (Å²) in [5, 5.41) is 3.20.